The smallest absolute Gasteiger partial charge is 0.270 e. The van der Waals surface area contributed by atoms with Gasteiger partial charge in [0.15, 0.2) is 0 Å². The van der Waals surface area contributed by atoms with E-state index >= 15 is 0 Å². The summed E-state index contributed by atoms with van der Waals surface area (Å²) in [5, 5.41) is 19.9. The third kappa shape index (κ3) is 3.35. The number of nitro groups is 1. The van der Waals surface area contributed by atoms with Gasteiger partial charge in [-0.2, -0.15) is 5.26 Å². The van der Waals surface area contributed by atoms with Gasteiger partial charge in [-0.1, -0.05) is 11.6 Å². The van der Waals surface area contributed by atoms with Gasteiger partial charge in [-0.15, -0.1) is 0 Å². The number of anilines is 1. The van der Waals surface area contributed by atoms with Gasteiger partial charge >= 0.3 is 0 Å². The topological polar surface area (TPSA) is 105 Å². The monoisotopic (exact) mass is 300 g/mol. The number of halogens is 1. The summed E-state index contributed by atoms with van der Waals surface area (Å²) in [5.41, 5.74) is 7.29. The van der Waals surface area contributed by atoms with Crippen molar-refractivity contribution in [1.82, 2.24) is 0 Å². The number of nitro benzene ring substituents is 1. The number of nitrogen functional groups attached to an aromatic ring is 1. The van der Waals surface area contributed by atoms with Crippen LogP contribution in [-0.4, -0.2) is 11.1 Å². The van der Waals surface area contributed by atoms with E-state index in [0.29, 0.717) is 27.5 Å². The number of non-ortho nitro benzene ring substituents is 1. The van der Waals surface area contributed by atoms with E-state index in [9.17, 15) is 10.1 Å². The lowest BCUT2D eigenvalue weighted by Crippen LogP contribution is -1.91. The Morgan fingerprint density at radius 3 is 2.76 bits per heavy atom. The molecule has 0 aliphatic rings. The van der Waals surface area contributed by atoms with E-state index in [-0.39, 0.29) is 5.69 Å². The number of nitriles is 1. The fraction of sp³-hybridized carbons (Fsp3) is 0. The first-order valence-electron chi connectivity index (χ1n) is 5.79. The predicted molar refractivity (Wildman–Crippen MR) is 80.9 cm³/mol. The molecule has 2 rings (SSSR count). The van der Waals surface area contributed by atoms with Crippen LogP contribution in [0.3, 0.4) is 0 Å². The molecule has 7 heteroatoms. The zero-order chi connectivity index (χ0) is 15.4. The van der Waals surface area contributed by atoms with Gasteiger partial charge in [0.05, 0.1) is 27.9 Å². The second kappa shape index (κ2) is 6.03. The van der Waals surface area contributed by atoms with Crippen LogP contribution in [0, 0.1) is 21.4 Å². The van der Waals surface area contributed by atoms with Gasteiger partial charge in [0, 0.05) is 28.9 Å². The average Bonchev–Trinajstić information content (AvgIpc) is 2.47. The van der Waals surface area contributed by atoms with Crippen molar-refractivity contribution < 1.29 is 4.92 Å². The molecule has 0 fully saturated rings. The normalized spacial score (nSPS) is 10.5. The molecule has 0 aromatic heterocycles. The van der Waals surface area contributed by atoms with Gasteiger partial charge in [0.1, 0.15) is 0 Å². The van der Waals surface area contributed by atoms with Crippen molar-refractivity contribution in [3.8, 4) is 6.07 Å². The minimum absolute atomic E-state index is 0.0837. The summed E-state index contributed by atoms with van der Waals surface area (Å²) in [6.07, 6.45) is 1.38. The third-order valence-corrected chi connectivity index (χ3v) is 3.04. The molecule has 0 heterocycles. The van der Waals surface area contributed by atoms with Crippen molar-refractivity contribution in [2.45, 2.75) is 0 Å². The van der Waals surface area contributed by atoms with Crippen molar-refractivity contribution >= 4 is 34.9 Å². The number of aliphatic imine (C=N–C) groups is 1. The highest BCUT2D eigenvalue weighted by Gasteiger charge is 2.08. The largest absolute Gasteiger partial charge is 0.397 e. The van der Waals surface area contributed by atoms with E-state index in [1.54, 1.807) is 12.1 Å². The summed E-state index contributed by atoms with van der Waals surface area (Å²) in [6.45, 7) is 0. The molecule has 0 spiro atoms. The average molecular weight is 301 g/mol. The molecule has 0 bridgehead atoms. The minimum Gasteiger partial charge on any atom is -0.397 e. The second-order valence-electron chi connectivity index (χ2n) is 4.11. The maximum atomic E-state index is 10.7. The number of hydrogen-bond acceptors (Lipinski definition) is 5. The molecule has 0 saturated carbocycles. The summed E-state index contributed by atoms with van der Waals surface area (Å²) in [7, 11) is 0. The van der Waals surface area contributed by atoms with Crippen LogP contribution in [0.1, 0.15) is 11.1 Å². The molecule has 0 aliphatic carbocycles. The molecule has 0 atom stereocenters. The van der Waals surface area contributed by atoms with Crippen molar-refractivity contribution in [2.75, 3.05) is 5.73 Å². The van der Waals surface area contributed by atoms with Crippen molar-refractivity contribution in [3.05, 3.63) is 62.7 Å². The highest BCUT2D eigenvalue weighted by molar-refractivity contribution is 6.33. The van der Waals surface area contributed by atoms with Gasteiger partial charge in [-0.25, -0.2) is 0 Å². The van der Waals surface area contributed by atoms with Gasteiger partial charge < -0.3 is 5.73 Å². The Hall–Kier alpha value is -2.91. The van der Waals surface area contributed by atoms with Gasteiger partial charge in [0.2, 0.25) is 0 Å². The molecule has 0 aliphatic heterocycles. The SMILES string of the molecule is N#Cc1ccc(N)c(/N=C\c2cc([N+](=O)[O-])ccc2Cl)c1. The Morgan fingerprint density at radius 1 is 1.33 bits per heavy atom. The third-order valence-electron chi connectivity index (χ3n) is 2.69. The molecule has 0 unspecified atom stereocenters. The molecule has 0 amide bonds. The Labute approximate surface area is 125 Å². The Bertz CT molecular complexity index is 781. The molecule has 2 aromatic rings. The molecular formula is C14H9ClN4O2. The number of hydrogen-bond donors (Lipinski definition) is 1. The fourth-order valence-electron chi connectivity index (χ4n) is 1.61. The molecule has 2 aromatic carbocycles. The molecule has 2 N–H and O–H groups in total. The van der Waals surface area contributed by atoms with Crippen molar-refractivity contribution in [3.63, 3.8) is 0 Å². The summed E-state index contributed by atoms with van der Waals surface area (Å²) in [6, 6.07) is 10.7. The van der Waals surface area contributed by atoms with Gasteiger partial charge in [-0.3, -0.25) is 15.1 Å². The molecule has 0 saturated heterocycles. The lowest BCUT2D eigenvalue weighted by atomic mass is 10.2. The van der Waals surface area contributed by atoms with Crippen LogP contribution < -0.4 is 5.73 Å². The number of nitrogens with two attached hydrogens (primary N) is 1. The molecule has 0 radical (unpaired) electrons. The first kappa shape index (κ1) is 14.5. The maximum absolute atomic E-state index is 10.7. The molecule has 104 valence electrons. The molecule has 6 nitrogen and oxygen atoms in total. The van der Waals surface area contributed by atoms with E-state index in [1.165, 1.54) is 30.5 Å². The zero-order valence-electron chi connectivity index (χ0n) is 10.7. The van der Waals surface area contributed by atoms with E-state index in [2.05, 4.69) is 4.99 Å². The van der Waals surface area contributed by atoms with Crippen molar-refractivity contribution in [2.24, 2.45) is 4.99 Å². The first-order valence-corrected chi connectivity index (χ1v) is 6.16. The van der Waals surface area contributed by atoms with Crippen LogP contribution in [0.2, 0.25) is 5.02 Å². The lowest BCUT2D eigenvalue weighted by molar-refractivity contribution is -0.384. The van der Waals surface area contributed by atoms with Crippen LogP contribution >= 0.6 is 11.6 Å². The van der Waals surface area contributed by atoms with E-state index < -0.39 is 4.92 Å². The molecular weight excluding hydrogens is 292 g/mol. The number of benzene rings is 2. The van der Waals surface area contributed by atoms with Gasteiger partial charge in [0.25, 0.3) is 5.69 Å². The fourth-order valence-corrected chi connectivity index (χ4v) is 1.77. The summed E-state index contributed by atoms with van der Waals surface area (Å²) < 4.78 is 0. The standard InChI is InChI=1S/C14H9ClN4O2/c15-12-3-2-11(19(20)21)6-10(12)8-18-14-5-9(7-16)1-4-13(14)17/h1-6,8H,17H2/b18-8-. The Kier molecular flexibility index (Phi) is 4.16. The zero-order valence-corrected chi connectivity index (χ0v) is 11.4. The molecule has 21 heavy (non-hydrogen) atoms. The van der Waals surface area contributed by atoms with Gasteiger partial charge in [-0.05, 0) is 24.3 Å². The van der Waals surface area contributed by atoms with E-state index in [4.69, 9.17) is 22.6 Å². The van der Waals surface area contributed by atoms with E-state index in [1.807, 2.05) is 6.07 Å². The quantitative estimate of drug-likeness (QED) is 0.405. The van der Waals surface area contributed by atoms with Crippen molar-refractivity contribution in [1.29, 1.82) is 5.26 Å². The number of rotatable bonds is 3. The van der Waals surface area contributed by atoms with Crippen LogP contribution in [0.4, 0.5) is 17.1 Å². The Balaban J connectivity index is 2.40. The van der Waals surface area contributed by atoms with Crippen LogP contribution in [0.5, 0.6) is 0 Å². The summed E-state index contributed by atoms with van der Waals surface area (Å²) in [5.74, 6) is 0. The van der Waals surface area contributed by atoms with Crippen LogP contribution in [0.25, 0.3) is 0 Å². The Morgan fingerprint density at radius 2 is 2.10 bits per heavy atom. The van der Waals surface area contributed by atoms with Crippen LogP contribution in [-0.2, 0) is 0 Å². The highest BCUT2D eigenvalue weighted by Crippen LogP contribution is 2.25. The summed E-state index contributed by atoms with van der Waals surface area (Å²) >= 11 is 5.97. The first-order chi connectivity index (χ1) is 10.0. The second-order valence-corrected chi connectivity index (χ2v) is 4.51. The highest BCUT2D eigenvalue weighted by atomic mass is 35.5. The summed E-state index contributed by atoms with van der Waals surface area (Å²) in [4.78, 5) is 14.4. The number of nitrogens with zero attached hydrogens (tertiary/aromatic N) is 3. The minimum atomic E-state index is -0.516. The van der Waals surface area contributed by atoms with Crippen LogP contribution in [0.15, 0.2) is 41.4 Å². The van der Waals surface area contributed by atoms with E-state index in [0.717, 1.165) is 0 Å². The predicted octanol–water partition coefficient (Wildman–Crippen LogP) is 3.45. The lowest BCUT2D eigenvalue weighted by Gasteiger charge is -2.01. The maximum Gasteiger partial charge on any atom is 0.270 e.